The van der Waals surface area contributed by atoms with Gasteiger partial charge in [0.25, 0.3) is 0 Å². The van der Waals surface area contributed by atoms with Crippen LogP contribution in [0.5, 0.6) is 0 Å². The predicted octanol–water partition coefficient (Wildman–Crippen LogP) is 3.04. The van der Waals surface area contributed by atoms with Crippen LogP contribution in [-0.2, 0) is 0 Å². The molecule has 3 N–H and O–H groups in total. The highest BCUT2D eigenvalue weighted by molar-refractivity contribution is 9.13. The van der Waals surface area contributed by atoms with Gasteiger partial charge in [-0.1, -0.05) is 6.92 Å². The van der Waals surface area contributed by atoms with Crippen molar-refractivity contribution >= 4 is 43.2 Å². The van der Waals surface area contributed by atoms with Crippen LogP contribution in [0.15, 0.2) is 14.3 Å². The first-order valence-electron chi connectivity index (χ1n) is 3.94. The lowest BCUT2D eigenvalue weighted by Gasteiger charge is -2.14. The quantitative estimate of drug-likeness (QED) is 0.895. The van der Waals surface area contributed by atoms with Crippen molar-refractivity contribution in [2.75, 3.05) is 0 Å². The van der Waals surface area contributed by atoms with E-state index in [2.05, 4.69) is 31.9 Å². The second-order valence-electron chi connectivity index (χ2n) is 2.77. The molecule has 1 heterocycles. The van der Waals surface area contributed by atoms with Crippen LogP contribution in [0.4, 0.5) is 0 Å². The van der Waals surface area contributed by atoms with Crippen molar-refractivity contribution < 1.29 is 5.11 Å². The molecule has 2 nitrogen and oxygen atoms in total. The first kappa shape index (κ1) is 11.7. The third-order valence-corrected chi connectivity index (χ3v) is 5.18. The largest absolute Gasteiger partial charge is 0.391 e. The maximum absolute atomic E-state index is 9.53. The topological polar surface area (TPSA) is 46.2 Å². The van der Waals surface area contributed by atoms with Gasteiger partial charge in [-0.3, -0.25) is 0 Å². The van der Waals surface area contributed by atoms with E-state index in [0.29, 0.717) is 6.42 Å². The molecule has 74 valence electrons. The summed E-state index contributed by atoms with van der Waals surface area (Å²) in [5.41, 5.74) is 5.85. The van der Waals surface area contributed by atoms with Gasteiger partial charge < -0.3 is 10.8 Å². The molecule has 0 aliphatic rings. The number of rotatable bonds is 3. The van der Waals surface area contributed by atoms with E-state index in [4.69, 9.17) is 5.73 Å². The summed E-state index contributed by atoms with van der Waals surface area (Å²) in [6.45, 7) is 1.92. The highest BCUT2D eigenvalue weighted by Gasteiger charge is 2.18. The van der Waals surface area contributed by atoms with Crippen molar-refractivity contribution in [2.45, 2.75) is 25.5 Å². The highest BCUT2D eigenvalue weighted by atomic mass is 79.9. The van der Waals surface area contributed by atoms with Gasteiger partial charge >= 0.3 is 0 Å². The van der Waals surface area contributed by atoms with E-state index in [9.17, 15) is 5.11 Å². The van der Waals surface area contributed by atoms with Gasteiger partial charge in [0, 0.05) is 9.35 Å². The van der Waals surface area contributed by atoms with Gasteiger partial charge in [-0.2, -0.15) is 0 Å². The molecule has 0 spiro atoms. The van der Waals surface area contributed by atoms with Gasteiger partial charge in [-0.15, -0.1) is 11.3 Å². The SMILES string of the molecule is CC[C@@H](O)[C@@H](N)c1cc(Br)c(Br)s1. The lowest BCUT2D eigenvalue weighted by atomic mass is 10.1. The second-order valence-corrected chi connectivity index (χ2v) is 6.03. The van der Waals surface area contributed by atoms with Crippen LogP contribution in [0.25, 0.3) is 0 Å². The summed E-state index contributed by atoms with van der Waals surface area (Å²) in [5, 5.41) is 9.53. The van der Waals surface area contributed by atoms with Gasteiger partial charge in [0.15, 0.2) is 0 Å². The average Bonchev–Trinajstić information content (AvgIpc) is 2.44. The summed E-state index contributed by atoms with van der Waals surface area (Å²) in [7, 11) is 0. The fourth-order valence-electron chi connectivity index (χ4n) is 0.971. The van der Waals surface area contributed by atoms with Gasteiger partial charge in [0.1, 0.15) is 0 Å². The molecule has 0 bridgehead atoms. The van der Waals surface area contributed by atoms with Gasteiger partial charge in [-0.05, 0) is 44.3 Å². The lowest BCUT2D eigenvalue weighted by molar-refractivity contribution is 0.142. The molecule has 2 atom stereocenters. The minimum absolute atomic E-state index is 0.280. The van der Waals surface area contributed by atoms with E-state index >= 15 is 0 Å². The lowest BCUT2D eigenvalue weighted by Crippen LogP contribution is -2.24. The highest BCUT2D eigenvalue weighted by Crippen LogP contribution is 2.35. The zero-order chi connectivity index (χ0) is 10.0. The molecule has 0 saturated carbocycles. The summed E-state index contributed by atoms with van der Waals surface area (Å²) >= 11 is 8.32. The smallest absolute Gasteiger partial charge is 0.0843 e. The summed E-state index contributed by atoms with van der Waals surface area (Å²) in [5.74, 6) is 0. The van der Waals surface area contributed by atoms with Crippen molar-refractivity contribution in [3.8, 4) is 0 Å². The Morgan fingerprint density at radius 1 is 1.62 bits per heavy atom. The molecule has 0 aromatic carbocycles. The van der Waals surface area contributed by atoms with E-state index in [1.54, 1.807) is 11.3 Å². The van der Waals surface area contributed by atoms with E-state index in [-0.39, 0.29) is 6.04 Å². The second kappa shape index (κ2) is 4.89. The first-order valence-corrected chi connectivity index (χ1v) is 6.34. The van der Waals surface area contributed by atoms with Crippen LogP contribution < -0.4 is 5.73 Å². The molecule has 0 radical (unpaired) electrons. The molecule has 0 aliphatic carbocycles. The number of thiophene rings is 1. The predicted molar refractivity (Wildman–Crippen MR) is 62.9 cm³/mol. The minimum Gasteiger partial charge on any atom is -0.391 e. The van der Waals surface area contributed by atoms with E-state index in [1.165, 1.54) is 0 Å². The Kier molecular flexibility index (Phi) is 4.38. The third-order valence-electron chi connectivity index (χ3n) is 1.83. The number of hydrogen-bond acceptors (Lipinski definition) is 3. The molecule has 1 aromatic heterocycles. The monoisotopic (exact) mass is 327 g/mol. The van der Waals surface area contributed by atoms with Crippen molar-refractivity contribution in [1.82, 2.24) is 0 Å². The van der Waals surface area contributed by atoms with Crippen LogP contribution in [0.2, 0.25) is 0 Å². The fourth-order valence-corrected chi connectivity index (χ4v) is 3.12. The van der Waals surface area contributed by atoms with Crippen LogP contribution in [-0.4, -0.2) is 11.2 Å². The van der Waals surface area contributed by atoms with E-state index in [0.717, 1.165) is 13.1 Å². The van der Waals surface area contributed by atoms with Crippen LogP contribution in [0.3, 0.4) is 0 Å². The molecule has 5 heteroatoms. The molecule has 13 heavy (non-hydrogen) atoms. The minimum atomic E-state index is -0.461. The Morgan fingerprint density at radius 2 is 2.23 bits per heavy atom. The summed E-state index contributed by atoms with van der Waals surface area (Å²) in [6, 6.07) is 1.66. The first-order chi connectivity index (χ1) is 6.06. The van der Waals surface area contributed by atoms with Crippen molar-refractivity contribution in [1.29, 1.82) is 0 Å². The van der Waals surface area contributed by atoms with Crippen molar-refractivity contribution in [2.24, 2.45) is 5.73 Å². The van der Waals surface area contributed by atoms with Gasteiger partial charge in [-0.25, -0.2) is 0 Å². The molecular weight excluding hydrogens is 318 g/mol. The van der Waals surface area contributed by atoms with Crippen LogP contribution in [0, 0.1) is 0 Å². The number of nitrogens with two attached hydrogens (primary N) is 1. The molecule has 0 amide bonds. The summed E-state index contributed by atoms with van der Waals surface area (Å²) in [6.07, 6.45) is 0.214. The summed E-state index contributed by atoms with van der Waals surface area (Å²) < 4.78 is 2.01. The Balaban J connectivity index is 2.82. The molecule has 0 fully saturated rings. The molecule has 0 saturated heterocycles. The maximum Gasteiger partial charge on any atom is 0.0843 e. The van der Waals surface area contributed by atoms with Crippen molar-refractivity contribution in [3.05, 3.63) is 19.2 Å². The summed E-state index contributed by atoms with van der Waals surface area (Å²) in [4.78, 5) is 0.994. The Hall–Kier alpha value is 0.580. The zero-order valence-corrected chi connectivity index (χ0v) is 11.1. The molecule has 1 rings (SSSR count). The average molecular weight is 329 g/mol. The van der Waals surface area contributed by atoms with Gasteiger partial charge in [0.2, 0.25) is 0 Å². The van der Waals surface area contributed by atoms with E-state index in [1.807, 2.05) is 13.0 Å². The molecular formula is C8H11Br2NOS. The van der Waals surface area contributed by atoms with E-state index < -0.39 is 6.10 Å². The molecule has 0 unspecified atom stereocenters. The Labute approximate surface area is 98.4 Å². The number of hydrogen-bond donors (Lipinski definition) is 2. The molecule has 1 aromatic rings. The van der Waals surface area contributed by atoms with Crippen LogP contribution in [0.1, 0.15) is 24.3 Å². The number of aliphatic hydroxyl groups excluding tert-OH is 1. The third kappa shape index (κ3) is 2.76. The fraction of sp³-hybridized carbons (Fsp3) is 0.500. The van der Waals surface area contributed by atoms with Gasteiger partial charge in [0.05, 0.1) is 15.9 Å². The zero-order valence-electron chi connectivity index (χ0n) is 7.13. The molecule has 0 aliphatic heterocycles. The Bertz CT molecular complexity index is 270. The number of halogens is 2. The Morgan fingerprint density at radius 3 is 2.62 bits per heavy atom. The maximum atomic E-state index is 9.53. The standard InChI is InChI=1S/C8H11Br2NOS/c1-2-5(12)7(11)6-3-4(9)8(10)13-6/h3,5,7,12H,2,11H2,1H3/t5-,7-/m1/s1. The van der Waals surface area contributed by atoms with Crippen LogP contribution >= 0.6 is 43.2 Å². The van der Waals surface area contributed by atoms with Crippen molar-refractivity contribution in [3.63, 3.8) is 0 Å². The number of aliphatic hydroxyl groups is 1. The normalized spacial score (nSPS) is 15.8.